The normalized spacial score (nSPS) is 11.9. The average Bonchev–Trinajstić information content (AvgIpc) is 2.67. The SMILES string of the molecule is CCOC(=O)C(F)(F)[C@H](N)c1ccc(OCc2ccccc2)c(OCC)c1.Cl. The number of rotatable bonds is 9. The summed E-state index contributed by atoms with van der Waals surface area (Å²) >= 11 is 0. The monoisotopic (exact) mass is 415 g/mol. The molecule has 0 heterocycles. The summed E-state index contributed by atoms with van der Waals surface area (Å²) in [7, 11) is 0. The molecule has 2 aromatic carbocycles. The van der Waals surface area contributed by atoms with Crippen LogP contribution in [0.2, 0.25) is 0 Å². The predicted molar refractivity (Wildman–Crippen MR) is 104 cm³/mol. The minimum absolute atomic E-state index is 0. The van der Waals surface area contributed by atoms with Gasteiger partial charge in [-0.15, -0.1) is 12.4 Å². The topological polar surface area (TPSA) is 70.8 Å². The van der Waals surface area contributed by atoms with Crippen LogP contribution in [0.15, 0.2) is 48.5 Å². The molecule has 28 heavy (non-hydrogen) atoms. The molecular formula is C20H24ClF2NO4. The summed E-state index contributed by atoms with van der Waals surface area (Å²) in [5.74, 6) is -4.83. The smallest absolute Gasteiger partial charge is 0.379 e. The summed E-state index contributed by atoms with van der Waals surface area (Å²) < 4.78 is 44.0. The zero-order valence-corrected chi connectivity index (χ0v) is 16.5. The first-order valence-corrected chi connectivity index (χ1v) is 8.64. The number of alkyl halides is 2. The number of hydrogen-bond acceptors (Lipinski definition) is 5. The summed E-state index contributed by atoms with van der Waals surface area (Å²) in [5.41, 5.74) is 6.64. The van der Waals surface area contributed by atoms with Crippen molar-refractivity contribution < 1.29 is 27.8 Å². The van der Waals surface area contributed by atoms with Gasteiger partial charge in [0.25, 0.3) is 0 Å². The zero-order chi connectivity index (χ0) is 19.9. The third kappa shape index (κ3) is 5.81. The Labute approximate surface area is 169 Å². The Morgan fingerprint density at radius 2 is 1.71 bits per heavy atom. The second kappa shape index (κ2) is 10.8. The minimum Gasteiger partial charge on any atom is -0.490 e. The van der Waals surface area contributed by atoms with Crippen LogP contribution in [0.4, 0.5) is 8.78 Å². The van der Waals surface area contributed by atoms with Gasteiger partial charge in [0, 0.05) is 0 Å². The van der Waals surface area contributed by atoms with Gasteiger partial charge in [0.1, 0.15) is 12.6 Å². The van der Waals surface area contributed by atoms with Gasteiger partial charge in [0.2, 0.25) is 0 Å². The molecule has 2 N–H and O–H groups in total. The molecule has 2 aromatic rings. The third-order valence-electron chi connectivity index (χ3n) is 3.80. The van der Waals surface area contributed by atoms with E-state index in [-0.39, 0.29) is 30.3 Å². The number of halogens is 3. The van der Waals surface area contributed by atoms with Crippen LogP contribution in [0.1, 0.15) is 31.0 Å². The van der Waals surface area contributed by atoms with Crippen molar-refractivity contribution in [3.05, 3.63) is 59.7 Å². The number of nitrogens with two attached hydrogens (primary N) is 1. The summed E-state index contributed by atoms with van der Waals surface area (Å²) in [6.45, 7) is 3.67. The molecule has 0 bridgehead atoms. The number of benzene rings is 2. The highest BCUT2D eigenvalue weighted by atomic mass is 35.5. The molecule has 0 spiro atoms. The fraction of sp³-hybridized carbons (Fsp3) is 0.350. The summed E-state index contributed by atoms with van der Waals surface area (Å²) in [6.07, 6.45) is 0. The first-order valence-electron chi connectivity index (χ1n) is 8.64. The van der Waals surface area contributed by atoms with Crippen LogP contribution in [0.3, 0.4) is 0 Å². The number of hydrogen-bond donors (Lipinski definition) is 1. The Morgan fingerprint density at radius 3 is 2.32 bits per heavy atom. The second-order valence-electron chi connectivity index (χ2n) is 5.73. The molecule has 0 saturated heterocycles. The molecule has 0 unspecified atom stereocenters. The van der Waals surface area contributed by atoms with Gasteiger partial charge in [0.05, 0.1) is 13.2 Å². The van der Waals surface area contributed by atoms with Gasteiger partial charge in [-0.2, -0.15) is 8.78 Å². The zero-order valence-electron chi connectivity index (χ0n) is 15.7. The molecule has 0 saturated carbocycles. The van der Waals surface area contributed by atoms with Gasteiger partial charge in [-0.1, -0.05) is 36.4 Å². The third-order valence-corrected chi connectivity index (χ3v) is 3.80. The number of ether oxygens (including phenoxy) is 3. The van der Waals surface area contributed by atoms with Gasteiger partial charge in [0.15, 0.2) is 11.5 Å². The van der Waals surface area contributed by atoms with Crippen molar-refractivity contribution in [1.29, 1.82) is 0 Å². The maximum Gasteiger partial charge on any atom is 0.379 e. The average molecular weight is 416 g/mol. The van der Waals surface area contributed by atoms with Crippen LogP contribution < -0.4 is 15.2 Å². The van der Waals surface area contributed by atoms with E-state index >= 15 is 0 Å². The largest absolute Gasteiger partial charge is 0.490 e. The van der Waals surface area contributed by atoms with E-state index in [1.165, 1.54) is 25.1 Å². The van der Waals surface area contributed by atoms with Crippen LogP contribution >= 0.6 is 12.4 Å². The van der Waals surface area contributed by atoms with Crippen molar-refractivity contribution in [2.75, 3.05) is 13.2 Å². The Bertz CT molecular complexity index is 759. The molecule has 1 atom stereocenters. The quantitative estimate of drug-likeness (QED) is 0.619. The number of carbonyl (C=O) groups excluding carboxylic acids is 1. The van der Waals surface area contributed by atoms with E-state index in [0.717, 1.165) is 5.56 Å². The van der Waals surface area contributed by atoms with E-state index in [9.17, 15) is 13.6 Å². The van der Waals surface area contributed by atoms with E-state index in [0.29, 0.717) is 19.0 Å². The molecule has 0 aliphatic heterocycles. The van der Waals surface area contributed by atoms with Crippen molar-refractivity contribution >= 4 is 18.4 Å². The highest BCUT2D eigenvalue weighted by Gasteiger charge is 2.48. The van der Waals surface area contributed by atoms with Gasteiger partial charge < -0.3 is 19.9 Å². The molecular weight excluding hydrogens is 392 g/mol. The van der Waals surface area contributed by atoms with E-state index in [1.54, 1.807) is 6.92 Å². The molecule has 154 valence electrons. The maximum absolute atomic E-state index is 14.2. The van der Waals surface area contributed by atoms with Crippen LogP contribution in [-0.2, 0) is 16.1 Å². The lowest BCUT2D eigenvalue weighted by Crippen LogP contribution is -2.41. The minimum atomic E-state index is -3.86. The van der Waals surface area contributed by atoms with Crippen molar-refractivity contribution in [1.82, 2.24) is 0 Å². The van der Waals surface area contributed by atoms with Crippen LogP contribution in [-0.4, -0.2) is 25.1 Å². The highest BCUT2D eigenvalue weighted by Crippen LogP contribution is 2.36. The fourth-order valence-electron chi connectivity index (χ4n) is 2.40. The predicted octanol–water partition coefficient (Wildman–Crippen LogP) is 4.28. The Hall–Kier alpha value is -2.38. The van der Waals surface area contributed by atoms with Gasteiger partial charge >= 0.3 is 11.9 Å². The number of esters is 1. The van der Waals surface area contributed by atoms with Gasteiger partial charge in [-0.05, 0) is 37.1 Å². The first-order chi connectivity index (χ1) is 12.9. The molecule has 2 rings (SSSR count). The van der Waals surface area contributed by atoms with Gasteiger partial charge in [-0.25, -0.2) is 4.79 Å². The van der Waals surface area contributed by atoms with E-state index in [4.69, 9.17) is 15.2 Å². The molecule has 0 aliphatic rings. The van der Waals surface area contributed by atoms with Crippen molar-refractivity contribution in [3.63, 3.8) is 0 Å². The first kappa shape index (κ1) is 23.7. The lowest BCUT2D eigenvalue weighted by molar-refractivity contribution is -0.174. The summed E-state index contributed by atoms with van der Waals surface area (Å²) in [5, 5.41) is 0. The molecule has 8 heteroatoms. The lowest BCUT2D eigenvalue weighted by Gasteiger charge is -2.23. The fourth-order valence-corrected chi connectivity index (χ4v) is 2.40. The Balaban J connectivity index is 0.00000392. The Morgan fingerprint density at radius 1 is 1.04 bits per heavy atom. The van der Waals surface area contributed by atoms with Crippen molar-refractivity contribution in [2.24, 2.45) is 5.73 Å². The van der Waals surface area contributed by atoms with E-state index in [1.807, 2.05) is 30.3 Å². The van der Waals surface area contributed by atoms with Crippen LogP contribution in [0, 0.1) is 0 Å². The second-order valence-corrected chi connectivity index (χ2v) is 5.73. The highest BCUT2D eigenvalue weighted by molar-refractivity contribution is 5.85. The molecule has 0 aliphatic carbocycles. The molecule has 0 radical (unpaired) electrons. The van der Waals surface area contributed by atoms with Crippen LogP contribution in [0.5, 0.6) is 11.5 Å². The molecule has 0 fully saturated rings. The van der Waals surface area contributed by atoms with Crippen molar-refractivity contribution in [3.8, 4) is 11.5 Å². The molecule has 0 aromatic heterocycles. The summed E-state index contributed by atoms with van der Waals surface area (Å²) in [6, 6.07) is 11.9. The lowest BCUT2D eigenvalue weighted by atomic mass is 10.0. The molecule has 5 nitrogen and oxygen atoms in total. The maximum atomic E-state index is 14.2. The van der Waals surface area contributed by atoms with E-state index < -0.39 is 17.9 Å². The van der Waals surface area contributed by atoms with Gasteiger partial charge in [-0.3, -0.25) is 0 Å². The van der Waals surface area contributed by atoms with Crippen LogP contribution in [0.25, 0.3) is 0 Å². The van der Waals surface area contributed by atoms with Crippen molar-refractivity contribution in [2.45, 2.75) is 32.4 Å². The standard InChI is InChI=1S/C20H23F2NO4.ClH/c1-3-25-17-12-15(18(23)20(21,22)19(24)26-4-2)10-11-16(17)27-13-14-8-6-5-7-9-14;/h5-12,18H,3-4,13,23H2,1-2H3;1H/t18-;/m1./s1. The van der Waals surface area contributed by atoms with E-state index in [2.05, 4.69) is 4.74 Å². The Kier molecular flexibility index (Phi) is 9.15. The summed E-state index contributed by atoms with van der Waals surface area (Å²) in [4.78, 5) is 11.5. The molecule has 0 amide bonds. The number of carbonyl (C=O) groups is 1.